The lowest BCUT2D eigenvalue weighted by molar-refractivity contribution is -0.0456. The Bertz CT molecular complexity index is 329. The molecule has 17 heavy (non-hydrogen) atoms. The van der Waals surface area contributed by atoms with Gasteiger partial charge in [0.25, 0.3) is 0 Å². The number of nitrogens with zero attached hydrogens (tertiary/aromatic N) is 2. The van der Waals surface area contributed by atoms with Gasteiger partial charge in [-0.3, -0.25) is 9.89 Å². The third-order valence-electron chi connectivity index (χ3n) is 3.01. The molecular weight excluding hydrogens is 212 g/mol. The fourth-order valence-corrected chi connectivity index (χ4v) is 1.80. The van der Waals surface area contributed by atoms with Gasteiger partial charge in [-0.15, -0.1) is 0 Å². The predicted molar refractivity (Wildman–Crippen MR) is 73.5 cm³/mol. The number of ether oxygens (including phenoxy) is 1. The highest BCUT2D eigenvalue weighted by Crippen LogP contribution is 2.19. The van der Waals surface area contributed by atoms with E-state index in [-0.39, 0.29) is 5.54 Å². The topological polar surface area (TPSA) is 24.8 Å². The van der Waals surface area contributed by atoms with E-state index >= 15 is 0 Å². The summed E-state index contributed by atoms with van der Waals surface area (Å²) >= 11 is 0. The summed E-state index contributed by atoms with van der Waals surface area (Å²) in [6, 6.07) is 0. The van der Waals surface area contributed by atoms with Gasteiger partial charge in [-0.05, 0) is 33.3 Å². The van der Waals surface area contributed by atoms with E-state index < -0.39 is 0 Å². The molecular formula is C14H24N2O. The van der Waals surface area contributed by atoms with E-state index in [4.69, 9.17) is 4.74 Å². The summed E-state index contributed by atoms with van der Waals surface area (Å²) in [6.07, 6.45) is 4.02. The number of aliphatic imine (C=N–C) groups is 1. The van der Waals surface area contributed by atoms with Crippen LogP contribution in [0.1, 0.15) is 27.7 Å². The Balaban J connectivity index is 2.65. The maximum atomic E-state index is 5.52. The van der Waals surface area contributed by atoms with Crippen molar-refractivity contribution in [3.63, 3.8) is 0 Å². The Morgan fingerprint density at radius 1 is 1.53 bits per heavy atom. The van der Waals surface area contributed by atoms with Crippen LogP contribution in [-0.4, -0.2) is 43.0 Å². The molecule has 0 aromatic heterocycles. The van der Waals surface area contributed by atoms with Gasteiger partial charge in [0.05, 0.1) is 13.2 Å². The van der Waals surface area contributed by atoms with E-state index in [0.29, 0.717) is 0 Å². The number of hydrogen-bond donors (Lipinski definition) is 0. The Labute approximate surface area is 105 Å². The van der Waals surface area contributed by atoms with Crippen LogP contribution in [0.25, 0.3) is 0 Å². The van der Waals surface area contributed by atoms with Gasteiger partial charge in [-0.2, -0.15) is 0 Å². The molecule has 1 rings (SSSR count). The smallest absolute Gasteiger partial charge is 0.0645 e. The molecule has 1 fully saturated rings. The zero-order valence-corrected chi connectivity index (χ0v) is 11.5. The van der Waals surface area contributed by atoms with Crippen molar-refractivity contribution in [3.8, 4) is 0 Å². The quantitative estimate of drug-likeness (QED) is 0.701. The maximum Gasteiger partial charge on any atom is 0.0645 e. The third-order valence-corrected chi connectivity index (χ3v) is 3.01. The molecule has 0 saturated carbocycles. The summed E-state index contributed by atoms with van der Waals surface area (Å²) in [5, 5.41) is 0. The molecule has 3 nitrogen and oxygen atoms in total. The fourth-order valence-electron chi connectivity index (χ4n) is 1.80. The zero-order valence-electron chi connectivity index (χ0n) is 11.5. The number of rotatable bonds is 4. The van der Waals surface area contributed by atoms with Crippen molar-refractivity contribution in [1.82, 2.24) is 4.90 Å². The molecule has 0 aromatic carbocycles. The van der Waals surface area contributed by atoms with E-state index in [2.05, 4.69) is 36.4 Å². The average molecular weight is 236 g/mol. The monoisotopic (exact) mass is 236 g/mol. The summed E-state index contributed by atoms with van der Waals surface area (Å²) in [5.74, 6) is 0. The van der Waals surface area contributed by atoms with E-state index in [0.717, 1.165) is 32.0 Å². The molecule has 3 heteroatoms. The molecule has 1 aliphatic rings. The minimum atomic E-state index is 0.101. The van der Waals surface area contributed by atoms with Crippen LogP contribution in [0.2, 0.25) is 0 Å². The van der Waals surface area contributed by atoms with Crippen LogP contribution in [0.4, 0.5) is 0 Å². The highest BCUT2D eigenvalue weighted by molar-refractivity contribution is 5.79. The van der Waals surface area contributed by atoms with Crippen LogP contribution in [-0.2, 0) is 4.74 Å². The van der Waals surface area contributed by atoms with Gasteiger partial charge in [0.1, 0.15) is 0 Å². The van der Waals surface area contributed by atoms with E-state index in [1.807, 2.05) is 20.1 Å². The first-order valence-electron chi connectivity index (χ1n) is 6.13. The number of allylic oxidation sites excluding steroid dienone is 2. The molecule has 1 saturated heterocycles. The standard InChI is InChI=1S/C14H24N2O/c1-6-13(9-15-12(2)3)10-16-7-8-17-11-14(16,4)5/h6,9H,2,7-8,10-11H2,1,3-5H3/b13-6+,15-9?. The Hall–Kier alpha value is -0.930. The van der Waals surface area contributed by atoms with E-state index in [1.165, 1.54) is 5.57 Å². The van der Waals surface area contributed by atoms with Crippen molar-refractivity contribution in [2.24, 2.45) is 4.99 Å². The van der Waals surface area contributed by atoms with Crippen molar-refractivity contribution in [2.45, 2.75) is 33.2 Å². The largest absolute Gasteiger partial charge is 0.378 e. The second-order valence-electron chi connectivity index (χ2n) is 5.14. The molecule has 0 aliphatic carbocycles. The maximum absolute atomic E-state index is 5.52. The van der Waals surface area contributed by atoms with Crippen molar-refractivity contribution in [1.29, 1.82) is 0 Å². The van der Waals surface area contributed by atoms with Crippen molar-refractivity contribution in [3.05, 3.63) is 23.9 Å². The first kappa shape index (κ1) is 14.1. The first-order chi connectivity index (χ1) is 7.95. The van der Waals surface area contributed by atoms with Crippen LogP contribution < -0.4 is 0 Å². The minimum absolute atomic E-state index is 0.101. The molecule has 0 bridgehead atoms. The molecule has 0 atom stereocenters. The second-order valence-corrected chi connectivity index (χ2v) is 5.14. The van der Waals surface area contributed by atoms with Gasteiger partial charge >= 0.3 is 0 Å². The van der Waals surface area contributed by atoms with Crippen molar-refractivity contribution >= 4 is 6.21 Å². The van der Waals surface area contributed by atoms with Gasteiger partial charge in [0.2, 0.25) is 0 Å². The number of hydrogen-bond acceptors (Lipinski definition) is 3. The highest BCUT2D eigenvalue weighted by Gasteiger charge is 2.30. The molecule has 0 N–H and O–H groups in total. The molecule has 96 valence electrons. The van der Waals surface area contributed by atoms with Crippen molar-refractivity contribution in [2.75, 3.05) is 26.3 Å². The van der Waals surface area contributed by atoms with Crippen LogP contribution in [0.5, 0.6) is 0 Å². The predicted octanol–water partition coefficient (Wildman–Crippen LogP) is 2.65. The van der Waals surface area contributed by atoms with Crippen LogP contribution in [0.15, 0.2) is 28.9 Å². The van der Waals surface area contributed by atoms with Gasteiger partial charge in [0, 0.05) is 30.5 Å². The molecule has 1 aliphatic heterocycles. The summed E-state index contributed by atoms with van der Waals surface area (Å²) in [6.45, 7) is 15.7. The number of morpholine rings is 1. The second kappa shape index (κ2) is 6.12. The molecule has 0 unspecified atom stereocenters. The Morgan fingerprint density at radius 3 is 2.76 bits per heavy atom. The lowest BCUT2D eigenvalue weighted by atomic mass is 10.0. The lowest BCUT2D eigenvalue weighted by Gasteiger charge is -2.42. The van der Waals surface area contributed by atoms with Gasteiger partial charge in [-0.25, -0.2) is 0 Å². The highest BCUT2D eigenvalue weighted by atomic mass is 16.5. The summed E-state index contributed by atoms with van der Waals surface area (Å²) in [7, 11) is 0. The average Bonchev–Trinajstić information content (AvgIpc) is 2.25. The van der Waals surface area contributed by atoms with Gasteiger partial charge in [0.15, 0.2) is 0 Å². The molecule has 0 spiro atoms. The SMILES string of the molecule is C=C(C)N=C/C(=C\C)CN1CCOCC1(C)C. The van der Waals surface area contributed by atoms with E-state index in [1.54, 1.807) is 0 Å². The van der Waals surface area contributed by atoms with Gasteiger partial charge < -0.3 is 4.74 Å². The Kier molecular flexibility index (Phi) is 5.09. The third kappa shape index (κ3) is 4.44. The normalized spacial score (nSPS) is 22.0. The summed E-state index contributed by atoms with van der Waals surface area (Å²) in [5.41, 5.74) is 2.16. The fraction of sp³-hybridized carbons (Fsp3) is 0.643. The van der Waals surface area contributed by atoms with Crippen LogP contribution in [0.3, 0.4) is 0 Å². The molecule has 0 amide bonds. The summed E-state index contributed by atoms with van der Waals surface area (Å²) in [4.78, 5) is 6.70. The van der Waals surface area contributed by atoms with E-state index in [9.17, 15) is 0 Å². The molecule has 1 heterocycles. The minimum Gasteiger partial charge on any atom is -0.378 e. The van der Waals surface area contributed by atoms with Gasteiger partial charge in [-0.1, -0.05) is 12.7 Å². The zero-order chi connectivity index (χ0) is 12.9. The van der Waals surface area contributed by atoms with Crippen molar-refractivity contribution < 1.29 is 4.74 Å². The first-order valence-corrected chi connectivity index (χ1v) is 6.13. The van der Waals surface area contributed by atoms with Crippen LogP contribution in [0, 0.1) is 0 Å². The molecule has 0 radical (unpaired) electrons. The summed E-state index contributed by atoms with van der Waals surface area (Å²) < 4.78 is 5.52. The lowest BCUT2D eigenvalue weighted by Crippen LogP contribution is -2.53. The van der Waals surface area contributed by atoms with Crippen LogP contribution >= 0.6 is 0 Å². The molecule has 0 aromatic rings. The Morgan fingerprint density at radius 2 is 2.24 bits per heavy atom.